The molecule has 0 amide bonds. The summed E-state index contributed by atoms with van der Waals surface area (Å²) in [6, 6.07) is 18.5. The van der Waals surface area contributed by atoms with Crippen LogP contribution in [-0.4, -0.2) is 6.61 Å². The predicted molar refractivity (Wildman–Crippen MR) is 96.0 cm³/mol. The van der Waals surface area contributed by atoms with Crippen molar-refractivity contribution in [3.63, 3.8) is 0 Å². The van der Waals surface area contributed by atoms with Crippen LogP contribution in [0.25, 0.3) is 12.2 Å². The number of benzene rings is 2. The average molecular weight is 292 g/mol. The second-order valence-corrected chi connectivity index (χ2v) is 5.25. The second kappa shape index (κ2) is 9.62. The maximum atomic E-state index is 5.71. The lowest BCUT2D eigenvalue weighted by Crippen LogP contribution is -1.96. The van der Waals surface area contributed by atoms with Crippen molar-refractivity contribution in [3.05, 3.63) is 77.9 Å². The molecule has 0 bridgehead atoms. The van der Waals surface area contributed by atoms with Gasteiger partial charge in [-0.15, -0.1) is 0 Å². The third-order valence-electron chi connectivity index (χ3n) is 3.38. The van der Waals surface area contributed by atoms with Gasteiger partial charge in [0.05, 0.1) is 6.61 Å². The van der Waals surface area contributed by atoms with Gasteiger partial charge in [-0.2, -0.15) is 0 Å². The summed E-state index contributed by atoms with van der Waals surface area (Å²) in [5.74, 6) is 0.952. The van der Waals surface area contributed by atoms with Crippen LogP contribution in [0.5, 0.6) is 5.75 Å². The average Bonchev–Trinajstić information content (AvgIpc) is 2.58. The monoisotopic (exact) mass is 292 g/mol. The van der Waals surface area contributed by atoms with Crippen LogP contribution in [0.4, 0.5) is 0 Å². The summed E-state index contributed by atoms with van der Waals surface area (Å²) in [6.07, 6.45) is 11.9. The molecule has 114 valence electrons. The molecule has 0 radical (unpaired) electrons. The van der Waals surface area contributed by atoms with Crippen LogP contribution < -0.4 is 4.74 Å². The van der Waals surface area contributed by atoms with E-state index in [-0.39, 0.29) is 0 Å². The molecule has 0 aromatic heterocycles. The van der Waals surface area contributed by atoms with Crippen molar-refractivity contribution >= 4 is 12.2 Å². The third-order valence-corrected chi connectivity index (χ3v) is 3.38. The van der Waals surface area contributed by atoms with Gasteiger partial charge in [-0.1, -0.05) is 86.5 Å². The van der Waals surface area contributed by atoms with Crippen molar-refractivity contribution in [3.8, 4) is 5.75 Å². The first-order valence-electron chi connectivity index (χ1n) is 8.01. The Morgan fingerprint density at radius 1 is 0.773 bits per heavy atom. The highest BCUT2D eigenvalue weighted by Gasteiger charge is 1.93. The quantitative estimate of drug-likeness (QED) is 0.429. The molecule has 0 aliphatic carbocycles. The Balaban J connectivity index is 1.80. The first-order chi connectivity index (χ1) is 10.9. The van der Waals surface area contributed by atoms with Crippen molar-refractivity contribution in [2.45, 2.75) is 26.2 Å². The third kappa shape index (κ3) is 6.01. The number of rotatable bonds is 8. The first kappa shape index (κ1) is 16.1. The standard InChI is InChI=1S/C21H24O/c1-2-3-9-18-22-21-16-14-20(15-17-21)13-8-7-12-19-10-5-4-6-11-19/h4-8,10-17H,2-3,9,18H2,1H3. The second-order valence-electron chi connectivity index (χ2n) is 5.25. The van der Waals surface area contributed by atoms with Crippen molar-refractivity contribution in [2.24, 2.45) is 0 Å². The smallest absolute Gasteiger partial charge is 0.119 e. The molecule has 0 saturated heterocycles. The van der Waals surface area contributed by atoms with Crippen LogP contribution >= 0.6 is 0 Å². The van der Waals surface area contributed by atoms with E-state index in [1.807, 2.05) is 30.3 Å². The molecule has 0 aliphatic heterocycles. The summed E-state index contributed by atoms with van der Waals surface area (Å²) in [6.45, 7) is 3.01. The Morgan fingerprint density at radius 3 is 2.05 bits per heavy atom. The molecule has 0 aliphatic rings. The lowest BCUT2D eigenvalue weighted by atomic mass is 10.2. The van der Waals surface area contributed by atoms with Crippen molar-refractivity contribution in [2.75, 3.05) is 6.61 Å². The Morgan fingerprint density at radius 2 is 1.41 bits per heavy atom. The fourth-order valence-corrected chi connectivity index (χ4v) is 2.11. The predicted octanol–water partition coefficient (Wildman–Crippen LogP) is 5.98. The molecule has 22 heavy (non-hydrogen) atoms. The normalized spacial score (nSPS) is 11.3. The molecule has 0 heterocycles. The minimum absolute atomic E-state index is 0.808. The van der Waals surface area contributed by atoms with Gasteiger partial charge in [-0.3, -0.25) is 0 Å². The fraction of sp³-hybridized carbons (Fsp3) is 0.238. The number of hydrogen-bond donors (Lipinski definition) is 0. The molecule has 0 fully saturated rings. The van der Waals surface area contributed by atoms with Crippen LogP contribution in [0.3, 0.4) is 0 Å². The zero-order valence-corrected chi connectivity index (χ0v) is 13.2. The van der Waals surface area contributed by atoms with Gasteiger partial charge in [0.15, 0.2) is 0 Å². The summed E-state index contributed by atoms with van der Waals surface area (Å²) in [7, 11) is 0. The molecule has 0 atom stereocenters. The number of ether oxygens (including phenoxy) is 1. The first-order valence-corrected chi connectivity index (χ1v) is 8.01. The largest absolute Gasteiger partial charge is 0.494 e. The van der Waals surface area contributed by atoms with E-state index in [1.54, 1.807) is 0 Å². The SMILES string of the molecule is CCCCCOc1ccc(C=CC=Cc2ccccc2)cc1. The van der Waals surface area contributed by atoms with Gasteiger partial charge in [0, 0.05) is 0 Å². The molecule has 0 saturated carbocycles. The maximum Gasteiger partial charge on any atom is 0.119 e. The van der Waals surface area contributed by atoms with Crippen LogP contribution in [0.1, 0.15) is 37.3 Å². The van der Waals surface area contributed by atoms with Gasteiger partial charge in [0.1, 0.15) is 5.75 Å². The van der Waals surface area contributed by atoms with E-state index in [4.69, 9.17) is 4.74 Å². The van der Waals surface area contributed by atoms with Gasteiger partial charge < -0.3 is 4.74 Å². The highest BCUT2D eigenvalue weighted by atomic mass is 16.5. The summed E-state index contributed by atoms with van der Waals surface area (Å²) >= 11 is 0. The molecule has 2 aromatic rings. The van der Waals surface area contributed by atoms with Gasteiger partial charge in [0.25, 0.3) is 0 Å². The summed E-state index contributed by atoms with van der Waals surface area (Å²) in [5, 5.41) is 0. The Labute approximate surface area is 134 Å². The maximum absolute atomic E-state index is 5.71. The van der Waals surface area contributed by atoms with Crippen molar-refractivity contribution in [1.82, 2.24) is 0 Å². The molecule has 0 spiro atoms. The Hall–Kier alpha value is -2.28. The lowest BCUT2D eigenvalue weighted by Gasteiger charge is -2.05. The van der Waals surface area contributed by atoms with E-state index in [0.717, 1.165) is 18.8 Å². The van der Waals surface area contributed by atoms with Gasteiger partial charge in [-0.05, 0) is 29.7 Å². The topological polar surface area (TPSA) is 9.23 Å². The molecule has 2 aromatic carbocycles. The van der Waals surface area contributed by atoms with Crippen LogP contribution in [0, 0.1) is 0 Å². The summed E-state index contributed by atoms with van der Waals surface area (Å²) < 4.78 is 5.71. The van der Waals surface area contributed by atoms with E-state index >= 15 is 0 Å². The number of allylic oxidation sites excluding steroid dienone is 2. The molecule has 0 N–H and O–H groups in total. The molecular weight excluding hydrogens is 268 g/mol. The van der Waals surface area contributed by atoms with Crippen molar-refractivity contribution < 1.29 is 4.74 Å². The summed E-state index contributed by atoms with van der Waals surface area (Å²) in [5.41, 5.74) is 2.39. The summed E-state index contributed by atoms with van der Waals surface area (Å²) in [4.78, 5) is 0. The molecule has 2 rings (SSSR count). The van der Waals surface area contributed by atoms with Crippen LogP contribution in [-0.2, 0) is 0 Å². The van der Waals surface area contributed by atoms with E-state index < -0.39 is 0 Å². The highest BCUT2D eigenvalue weighted by Crippen LogP contribution is 2.14. The fourth-order valence-electron chi connectivity index (χ4n) is 2.11. The van der Waals surface area contributed by atoms with Crippen molar-refractivity contribution in [1.29, 1.82) is 0 Å². The molecule has 1 nitrogen and oxygen atoms in total. The number of hydrogen-bond acceptors (Lipinski definition) is 1. The van der Waals surface area contributed by atoms with E-state index in [0.29, 0.717) is 0 Å². The van der Waals surface area contributed by atoms with E-state index in [1.165, 1.54) is 24.0 Å². The Bertz CT molecular complexity index is 579. The van der Waals surface area contributed by atoms with Crippen LogP contribution in [0.15, 0.2) is 66.7 Å². The number of unbranched alkanes of at least 4 members (excludes halogenated alkanes) is 2. The highest BCUT2D eigenvalue weighted by molar-refractivity contribution is 5.57. The van der Waals surface area contributed by atoms with E-state index in [9.17, 15) is 0 Å². The lowest BCUT2D eigenvalue weighted by molar-refractivity contribution is 0.306. The van der Waals surface area contributed by atoms with E-state index in [2.05, 4.69) is 55.5 Å². The molecular formula is C21H24O. The Kier molecular flexibility index (Phi) is 7.04. The minimum Gasteiger partial charge on any atom is -0.494 e. The van der Waals surface area contributed by atoms with Gasteiger partial charge in [0.2, 0.25) is 0 Å². The molecule has 1 heteroatoms. The van der Waals surface area contributed by atoms with Gasteiger partial charge in [-0.25, -0.2) is 0 Å². The van der Waals surface area contributed by atoms with Crippen LogP contribution in [0.2, 0.25) is 0 Å². The minimum atomic E-state index is 0.808. The molecule has 0 unspecified atom stereocenters. The van der Waals surface area contributed by atoms with Gasteiger partial charge >= 0.3 is 0 Å². The zero-order valence-electron chi connectivity index (χ0n) is 13.2. The zero-order chi connectivity index (χ0) is 15.5.